The monoisotopic (exact) mass is 625 g/mol. The van der Waals surface area contributed by atoms with Gasteiger partial charge in [-0.2, -0.15) is 0 Å². The van der Waals surface area contributed by atoms with Crippen LogP contribution in [0.4, 0.5) is 10.5 Å². The van der Waals surface area contributed by atoms with Crippen molar-refractivity contribution < 1.29 is 28.7 Å². The highest BCUT2D eigenvalue weighted by Crippen LogP contribution is 2.38. The first-order valence-corrected chi connectivity index (χ1v) is 15.2. The van der Waals surface area contributed by atoms with Gasteiger partial charge >= 0.3 is 12.0 Å². The van der Waals surface area contributed by atoms with E-state index < -0.39 is 23.8 Å². The third-order valence-electron chi connectivity index (χ3n) is 7.59. The lowest BCUT2D eigenvalue weighted by atomic mass is 10.0. The van der Waals surface area contributed by atoms with Gasteiger partial charge in [0, 0.05) is 11.3 Å². The number of amides is 4. The lowest BCUT2D eigenvalue weighted by molar-refractivity contribution is -0.122. The first kappa shape index (κ1) is 30.8. The molecule has 47 heavy (non-hydrogen) atoms. The van der Waals surface area contributed by atoms with Crippen molar-refractivity contribution in [1.29, 1.82) is 0 Å². The Balaban J connectivity index is 1.56. The maximum Gasteiger partial charge on any atom is 0.338 e. The van der Waals surface area contributed by atoms with Gasteiger partial charge in [-0.15, -0.1) is 0 Å². The Morgan fingerprint density at radius 2 is 1.40 bits per heavy atom. The molecule has 1 N–H and O–H groups in total. The molecule has 0 atom stereocenters. The summed E-state index contributed by atoms with van der Waals surface area (Å²) in [6, 6.07) is 34.0. The number of ether oxygens (including phenoxy) is 2. The molecule has 0 bridgehead atoms. The topological polar surface area (TPSA) is 107 Å². The number of benzene rings is 4. The van der Waals surface area contributed by atoms with Crippen LogP contribution in [0.2, 0.25) is 0 Å². The first-order valence-electron chi connectivity index (χ1n) is 15.2. The van der Waals surface area contributed by atoms with Crippen LogP contribution >= 0.6 is 0 Å². The van der Waals surface area contributed by atoms with E-state index in [9.17, 15) is 19.2 Å². The number of carbonyl (C=O) groups is 4. The van der Waals surface area contributed by atoms with Crippen LogP contribution in [0.1, 0.15) is 29.8 Å². The molecular weight excluding hydrogens is 594 g/mol. The zero-order valence-electron chi connectivity index (χ0n) is 25.8. The summed E-state index contributed by atoms with van der Waals surface area (Å²) in [6.45, 7) is 4.14. The summed E-state index contributed by atoms with van der Waals surface area (Å²) in [6.07, 6.45) is 1.51. The van der Waals surface area contributed by atoms with Crippen LogP contribution in [0, 0.1) is 0 Å². The SMILES string of the molecule is CCOC(=O)c1ccc(-n2c(-c3ccccc3)cc(/C=C3/C(=O)NC(=O)N(c4ccccc4OCC)C3=O)c2-c2ccccc2)cc1. The second kappa shape index (κ2) is 13.4. The third-order valence-corrected chi connectivity index (χ3v) is 7.59. The molecule has 5 aromatic rings. The number of carbonyl (C=O) groups excluding carboxylic acids is 4. The molecule has 9 heteroatoms. The van der Waals surface area contributed by atoms with Gasteiger partial charge in [0.15, 0.2) is 0 Å². The molecule has 2 heterocycles. The molecule has 1 aliphatic heterocycles. The summed E-state index contributed by atoms with van der Waals surface area (Å²) < 4.78 is 12.9. The van der Waals surface area contributed by atoms with Crippen LogP contribution in [-0.2, 0) is 14.3 Å². The molecule has 1 aromatic heterocycles. The zero-order chi connectivity index (χ0) is 32.9. The van der Waals surface area contributed by atoms with Crippen LogP contribution < -0.4 is 15.0 Å². The van der Waals surface area contributed by atoms with Crippen molar-refractivity contribution in [3.63, 3.8) is 0 Å². The lowest BCUT2D eigenvalue weighted by Gasteiger charge is -2.27. The van der Waals surface area contributed by atoms with Gasteiger partial charge in [-0.3, -0.25) is 14.9 Å². The van der Waals surface area contributed by atoms with E-state index >= 15 is 0 Å². The van der Waals surface area contributed by atoms with E-state index in [0.717, 1.165) is 27.4 Å². The van der Waals surface area contributed by atoms with Crippen LogP contribution in [0.3, 0.4) is 0 Å². The van der Waals surface area contributed by atoms with Gasteiger partial charge in [-0.1, -0.05) is 72.8 Å². The number of nitrogens with zero attached hydrogens (tertiary/aromatic N) is 2. The molecule has 0 aliphatic carbocycles. The number of barbiturate groups is 1. The molecule has 1 aliphatic rings. The number of nitrogens with one attached hydrogen (secondary N) is 1. The minimum Gasteiger partial charge on any atom is -0.492 e. The summed E-state index contributed by atoms with van der Waals surface area (Å²) in [4.78, 5) is 53.7. The molecule has 234 valence electrons. The number of hydrogen-bond acceptors (Lipinski definition) is 6. The Morgan fingerprint density at radius 3 is 2.06 bits per heavy atom. The average Bonchev–Trinajstić information content (AvgIpc) is 3.47. The Kier molecular flexibility index (Phi) is 8.79. The fraction of sp³-hybridized carbons (Fsp3) is 0.105. The van der Waals surface area contributed by atoms with E-state index in [2.05, 4.69) is 5.32 Å². The van der Waals surface area contributed by atoms with Gasteiger partial charge in [0.1, 0.15) is 11.3 Å². The largest absolute Gasteiger partial charge is 0.492 e. The second-order valence-corrected chi connectivity index (χ2v) is 10.5. The van der Waals surface area contributed by atoms with Crippen LogP contribution in [0.5, 0.6) is 5.75 Å². The molecule has 1 fully saturated rings. The molecule has 0 unspecified atom stereocenters. The van der Waals surface area contributed by atoms with Crippen molar-refractivity contribution in [1.82, 2.24) is 9.88 Å². The first-order chi connectivity index (χ1) is 22.9. The van der Waals surface area contributed by atoms with Gasteiger partial charge in [0.25, 0.3) is 11.8 Å². The van der Waals surface area contributed by atoms with E-state index in [1.54, 1.807) is 50.2 Å². The van der Waals surface area contributed by atoms with Crippen LogP contribution in [0.15, 0.2) is 121 Å². The van der Waals surface area contributed by atoms with Gasteiger partial charge in [-0.05, 0) is 73.5 Å². The Labute approximate surface area is 271 Å². The predicted molar refractivity (Wildman–Crippen MR) is 179 cm³/mol. The van der Waals surface area contributed by atoms with Crippen LogP contribution in [0.25, 0.3) is 34.3 Å². The molecule has 0 saturated carbocycles. The molecule has 1 saturated heterocycles. The maximum atomic E-state index is 14.0. The van der Waals surface area contributed by atoms with Crippen molar-refractivity contribution in [3.05, 3.63) is 132 Å². The maximum absolute atomic E-state index is 14.0. The van der Waals surface area contributed by atoms with Gasteiger partial charge in [0.05, 0.1) is 35.9 Å². The summed E-state index contributed by atoms with van der Waals surface area (Å²) in [5, 5.41) is 2.32. The Bertz CT molecular complexity index is 2000. The van der Waals surface area contributed by atoms with E-state index in [1.807, 2.05) is 83.4 Å². The predicted octanol–water partition coefficient (Wildman–Crippen LogP) is 7.05. The van der Waals surface area contributed by atoms with E-state index in [-0.39, 0.29) is 17.9 Å². The number of esters is 1. The highest BCUT2D eigenvalue weighted by Gasteiger charge is 2.38. The zero-order valence-corrected chi connectivity index (χ0v) is 25.8. The van der Waals surface area contributed by atoms with Gasteiger partial charge < -0.3 is 14.0 Å². The third kappa shape index (κ3) is 6.06. The minimum atomic E-state index is -0.864. The molecule has 6 rings (SSSR count). The molecule has 0 radical (unpaired) electrons. The highest BCUT2D eigenvalue weighted by molar-refractivity contribution is 6.39. The number of hydrogen-bond donors (Lipinski definition) is 1. The summed E-state index contributed by atoms with van der Waals surface area (Å²) >= 11 is 0. The quantitative estimate of drug-likeness (QED) is 0.107. The standard InChI is InChI=1S/C38H31N3O6/c1-3-46-33-18-12-11-17-31(33)41-36(43)30(35(42)39-38(41)45)23-28-24-32(25-13-7-5-8-14-25)40(34(28)26-15-9-6-10-16-26)29-21-19-27(20-22-29)37(44)47-4-2/h5-24H,3-4H2,1-2H3,(H,39,42,45)/b30-23-. The molecule has 4 amide bonds. The van der Waals surface area contributed by atoms with Gasteiger partial charge in [-0.25, -0.2) is 14.5 Å². The number of rotatable bonds is 9. The van der Waals surface area contributed by atoms with Crippen molar-refractivity contribution >= 4 is 35.6 Å². The average molecular weight is 626 g/mol. The lowest BCUT2D eigenvalue weighted by Crippen LogP contribution is -2.54. The second-order valence-electron chi connectivity index (χ2n) is 10.5. The van der Waals surface area contributed by atoms with E-state index in [0.29, 0.717) is 29.2 Å². The van der Waals surface area contributed by atoms with Crippen LogP contribution in [-0.4, -0.2) is 41.6 Å². The van der Waals surface area contributed by atoms with Crippen molar-refractivity contribution in [3.8, 4) is 34.0 Å². The number of anilines is 1. The molecular formula is C38H31N3O6. The van der Waals surface area contributed by atoms with Crippen molar-refractivity contribution in [2.45, 2.75) is 13.8 Å². The summed E-state index contributed by atoms with van der Waals surface area (Å²) in [5.74, 6) is -1.67. The summed E-state index contributed by atoms with van der Waals surface area (Å²) in [7, 11) is 0. The van der Waals surface area contributed by atoms with E-state index in [4.69, 9.17) is 9.47 Å². The number of para-hydroxylation sites is 2. The van der Waals surface area contributed by atoms with Gasteiger partial charge in [0.2, 0.25) is 0 Å². The molecule has 0 spiro atoms. The minimum absolute atomic E-state index is 0.220. The molecule has 9 nitrogen and oxygen atoms in total. The Morgan fingerprint density at radius 1 is 0.766 bits per heavy atom. The number of aromatic nitrogens is 1. The molecule has 4 aromatic carbocycles. The Hall–Kier alpha value is -6.22. The summed E-state index contributed by atoms with van der Waals surface area (Å²) in [5.41, 5.74) is 4.88. The normalized spacial score (nSPS) is 13.9. The van der Waals surface area contributed by atoms with Crippen molar-refractivity contribution in [2.75, 3.05) is 18.1 Å². The van der Waals surface area contributed by atoms with E-state index in [1.165, 1.54) is 6.08 Å². The van der Waals surface area contributed by atoms with Crippen molar-refractivity contribution in [2.24, 2.45) is 0 Å². The number of urea groups is 1. The smallest absolute Gasteiger partial charge is 0.338 e. The fourth-order valence-corrected chi connectivity index (χ4v) is 5.53. The number of imide groups is 2. The highest BCUT2D eigenvalue weighted by atomic mass is 16.5. The fourth-order valence-electron chi connectivity index (χ4n) is 5.53.